The molecule has 0 aliphatic carbocycles. The Kier molecular flexibility index (Phi) is 3.31. The number of amides is 1. The molecule has 2 N–H and O–H groups in total. The van der Waals surface area contributed by atoms with Crippen LogP contribution in [0, 0.1) is 0 Å². The Labute approximate surface area is 109 Å². The summed E-state index contributed by atoms with van der Waals surface area (Å²) in [5.41, 5.74) is -0.503. The molecule has 1 aliphatic heterocycles. The molecule has 1 saturated heterocycles. The third kappa shape index (κ3) is 2.60. The molecule has 1 fully saturated rings. The SMILES string of the molecule is CN(C(=O)c1nc[nH]c1C(=O)O)C1CCS(=O)(=O)C1. The van der Waals surface area contributed by atoms with Crippen molar-refractivity contribution in [2.75, 3.05) is 18.6 Å². The van der Waals surface area contributed by atoms with Gasteiger partial charge in [0.05, 0.1) is 17.8 Å². The minimum atomic E-state index is -3.11. The summed E-state index contributed by atoms with van der Waals surface area (Å²) in [6.07, 6.45) is 1.48. The molecule has 0 bridgehead atoms. The summed E-state index contributed by atoms with van der Waals surface area (Å²) in [6, 6.07) is -0.434. The van der Waals surface area contributed by atoms with Crippen LogP contribution < -0.4 is 0 Å². The molecule has 1 unspecified atom stereocenters. The van der Waals surface area contributed by atoms with Crippen molar-refractivity contribution in [3.63, 3.8) is 0 Å². The second-order valence-electron chi connectivity index (χ2n) is 4.40. The van der Waals surface area contributed by atoms with E-state index in [0.29, 0.717) is 6.42 Å². The Morgan fingerprint density at radius 1 is 1.53 bits per heavy atom. The van der Waals surface area contributed by atoms with Gasteiger partial charge in [-0.1, -0.05) is 0 Å². The van der Waals surface area contributed by atoms with Crippen molar-refractivity contribution in [2.45, 2.75) is 12.5 Å². The van der Waals surface area contributed by atoms with Gasteiger partial charge in [0.25, 0.3) is 5.91 Å². The number of aromatic amines is 1. The molecular weight excluding hydrogens is 274 g/mol. The molecule has 0 spiro atoms. The standard InChI is InChI=1S/C10H13N3O5S/c1-13(6-2-3-19(17,18)4-6)9(14)7-8(10(15)16)12-5-11-7/h5-6H,2-4H2,1H3,(H,11,12)(H,15,16). The van der Waals surface area contributed by atoms with Gasteiger partial charge in [-0.15, -0.1) is 0 Å². The topological polar surface area (TPSA) is 120 Å². The van der Waals surface area contributed by atoms with E-state index in [1.165, 1.54) is 11.9 Å². The number of hydrogen-bond acceptors (Lipinski definition) is 5. The molecule has 19 heavy (non-hydrogen) atoms. The predicted octanol–water partition coefficient (Wildman–Crippen LogP) is -0.633. The maximum absolute atomic E-state index is 12.1. The third-order valence-corrected chi connectivity index (χ3v) is 4.88. The Hall–Kier alpha value is -1.90. The lowest BCUT2D eigenvalue weighted by Gasteiger charge is -2.22. The highest BCUT2D eigenvalue weighted by Crippen LogP contribution is 2.18. The number of carboxylic acid groups (broad SMARTS) is 1. The van der Waals surface area contributed by atoms with Gasteiger partial charge >= 0.3 is 5.97 Å². The van der Waals surface area contributed by atoms with E-state index < -0.39 is 27.8 Å². The number of aromatic carboxylic acids is 1. The Balaban J connectivity index is 2.20. The fraction of sp³-hybridized carbons (Fsp3) is 0.500. The van der Waals surface area contributed by atoms with Gasteiger partial charge in [-0.25, -0.2) is 18.2 Å². The monoisotopic (exact) mass is 287 g/mol. The summed E-state index contributed by atoms with van der Waals surface area (Å²) >= 11 is 0. The molecule has 2 rings (SSSR count). The molecule has 1 aromatic rings. The molecular formula is C10H13N3O5S. The lowest BCUT2D eigenvalue weighted by atomic mass is 10.2. The first kappa shape index (κ1) is 13.5. The van der Waals surface area contributed by atoms with Gasteiger partial charge in [0.2, 0.25) is 0 Å². The summed E-state index contributed by atoms with van der Waals surface area (Å²) in [5, 5.41) is 8.90. The van der Waals surface area contributed by atoms with Crippen LogP contribution in [0.4, 0.5) is 0 Å². The van der Waals surface area contributed by atoms with E-state index in [4.69, 9.17) is 5.11 Å². The van der Waals surface area contributed by atoms with Crippen LogP contribution in [0.25, 0.3) is 0 Å². The van der Waals surface area contributed by atoms with Gasteiger partial charge in [-0.3, -0.25) is 4.79 Å². The van der Waals surface area contributed by atoms with Crippen LogP contribution in [0.5, 0.6) is 0 Å². The fourth-order valence-corrected chi connectivity index (χ4v) is 3.81. The zero-order valence-corrected chi connectivity index (χ0v) is 11.0. The fourth-order valence-electron chi connectivity index (χ4n) is 2.03. The molecule has 1 amide bonds. The number of carboxylic acids is 1. The van der Waals surface area contributed by atoms with E-state index in [2.05, 4.69) is 9.97 Å². The number of H-pyrrole nitrogens is 1. The normalized spacial score (nSPS) is 21.2. The zero-order chi connectivity index (χ0) is 14.2. The van der Waals surface area contributed by atoms with E-state index in [0.717, 1.165) is 6.33 Å². The molecule has 0 radical (unpaired) electrons. The zero-order valence-electron chi connectivity index (χ0n) is 10.2. The van der Waals surface area contributed by atoms with Gasteiger partial charge in [0, 0.05) is 13.1 Å². The molecule has 2 heterocycles. The van der Waals surface area contributed by atoms with Crippen molar-refractivity contribution < 1.29 is 23.1 Å². The van der Waals surface area contributed by atoms with Crippen LogP contribution in [0.1, 0.15) is 27.4 Å². The van der Waals surface area contributed by atoms with Crippen LogP contribution in [0.2, 0.25) is 0 Å². The average Bonchev–Trinajstić information content (AvgIpc) is 2.93. The van der Waals surface area contributed by atoms with Crippen LogP contribution in [-0.4, -0.2) is 64.9 Å². The minimum absolute atomic E-state index is 0.0433. The van der Waals surface area contributed by atoms with Crippen LogP contribution in [0.15, 0.2) is 6.33 Å². The first-order valence-electron chi connectivity index (χ1n) is 5.56. The molecule has 1 aliphatic rings. The third-order valence-electron chi connectivity index (χ3n) is 3.13. The maximum atomic E-state index is 12.1. The highest BCUT2D eigenvalue weighted by Gasteiger charge is 2.34. The van der Waals surface area contributed by atoms with Gasteiger partial charge in [0.1, 0.15) is 0 Å². The second kappa shape index (κ2) is 4.65. The number of rotatable bonds is 3. The number of hydrogen-bond donors (Lipinski definition) is 2. The maximum Gasteiger partial charge on any atom is 0.354 e. The molecule has 0 saturated carbocycles. The summed E-state index contributed by atoms with van der Waals surface area (Å²) in [6.45, 7) is 0. The van der Waals surface area contributed by atoms with Crippen LogP contribution in [0.3, 0.4) is 0 Å². The summed E-state index contributed by atoms with van der Waals surface area (Å²) in [4.78, 5) is 30.3. The Bertz CT molecular complexity index is 621. The Morgan fingerprint density at radius 2 is 2.21 bits per heavy atom. The highest BCUT2D eigenvalue weighted by molar-refractivity contribution is 7.91. The number of carbonyl (C=O) groups is 2. The molecule has 8 nitrogen and oxygen atoms in total. The average molecular weight is 287 g/mol. The van der Waals surface area contributed by atoms with Crippen LogP contribution in [-0.2, 0) is 9.84 Å². The molecule has 1 aromatic heterocycles. The van der Waals surface area contributed by atoms with E-state index in [1.807, 2.05) is 0 Å². The van der Waals surface area contributed by atoms with Crippen molar-refractivity contribution in [1.29, 1.82) is 0 Å². The molecule has 0 aromatic carbocycles. The van der Waals surface area contributed by atoms with Crippen LogP contribution >= 0.6 is 0 Å². The van der Waals surface area contributed by atoms with E-state index in [1.54, 1.807) is 0 Å². The van der Waals surface area contributed by atoms with Gasteiger partial charge < -0.3 is 15.0 Å². The van der Waals surface area contributed by atoms with Crippen molar-refractivity contribution in [3.8, 4) is 0 Å². The van der Waals surface area contributed by atoms with E-state index in [-0.39, 0.29) is 22.9 Å². The number of aromatic nitrogens is 2. The smallest absolute Gasteiger partial charge is 0.354 e. The first-order valence-corrected chi connectivity index (χ1v) is 7.38. The number of carbonyl (C=O) groups excluding carboxylic acids is 1. The van der Waals surface area contributed by atoms with E-state index >= 15 is 0 Å². The lowest BCUT2D eigenvalue weighted by molar-refractivity contribution is 0.0666. The second-order valence-corrected chi connectivity index (χ2v) is 6.63. The number of nitrogens with one attached hydrogen (secondary N) is 1. The molecule has 9 heteroatoms. The van der Waals surface area contributed by atoms with Crippen molar-refractivity contribution in [2.24, 2.45) is 0 Å². The van der Waals surface area contributed by atoms with Crippen molar-refractivity contribution in [3.05, 3.63) is 17.7 Å². The lowest BCUT2D eigenvalue weighted by Crippen LogP contribution is -2.38. The van der Waals surface area contributed by atoms with Gasteiger partial charge in [-0.05, 0) is 6.42 Å². The summed E-state index contributed by atoms with van der Waals surface area (Å²) < 4.78 is 22.8. The highest BCUT2D eigenvalue weighted by atomic mass is 32.2. The van der Waals surface area contributed by atoms with Gasteiger partial charge in [-0.2, -0.15) is 0 Å². The van der Waals surface area contributed by atoms with Gasteiger partial charge in [0.15, 0.2) is 21.2 Å². The Morgan fingerprint density at radius 3 is 2.74 bits per heavy atom. The number of imidazole rings is 1. The summed E-state index contributed by atoms with van der Waals surface area (Å²) in [5.74, 6) is -1.93. The van der Waals surface area contributed by atoms with E-state index in [9.17, 15) is 18.0 Å². The van der Waals surface area contributed by atoms with Crippen molar-refractivity contribution in [1.82, 2.24) is 14.9 Å². The number of nitrogens with zero attached hydrogens (tertiary/aromatic N) is 2. The molecule has 104 valence electrons. The number of sulfone groups is 1. The minimum Gasteiger partial charge on any atom is -0.477 e. The first-order chi connectivity index (χ1) is 8.82. The van der Waals surface area contributed by atoms with Crippen molar-refractivity contribution >= 4 is 21.7 Å². The predicted molar refractivity (Wildman–Crippen MR) is 64.7 cm³/mol. The quantitative estimate of drug-likeness (QED) is 0.763. The largest absolute Gasteiger partial charge is 0.477 e. The molecule has 1 atom stereocenters. The summed E-state index contributed by atoms with van der Waals surface area (Å²) in [7, 11) is -1.66.